The van der Waals surface area contributed by atoms with Crippen LogP contribution in [0.3, 0.4) is 0 Å². The van der Waals surface area contributed by atoms with Gasteiger partial charge in [0.1, 0.15) is 5.41 Å². The van der Waals surface area contributed by atoms with Crippen LogP contribution < -0.4 is 5.11 Å². The molecule has 0 bridgehead atoms. The van der Waals surface area contributed by atoms with Crippen LogP contribution >= 0.6 is 0 Å². The lowest BCUT2D eigenvalue weighted by molar-refractivity contribution is -0.317. The quantitative estimate of drug-likeness (QED) is 0.550. The molecule has 1 unspecified atom stereocenters. The summed E-state index contributed by atoms with van der Waals surface area (Å²) in [6, 6.07) is 9.16. The van der Waals surface area contributed by atoms with Gasteiger partial charge >= 0.3 is 5.97 Å². The number of ether oxygens (including phenoxy) is 1. The van der Waals surface area contributed by atoms with Crippen molar-refractivity contribution in [3.63, 3.8) is 0 Å². The highest BCUT2D eigenvalue weighted by Gasteiger charge is 2.51. The summed E-state index contributed by atoms with van der Waals surface area (Å²) in [4.78, 5) is 36.7. The zero-order valence-corrected chi connectivity index (χ0v) is 11.7. The molecule has 1 fully saturated rings. The summed E-state index contributed by atoms with van der Waals surface area (Å²) in [5.74, 6) is -2.87. The van der Waals surface area contributed by atoms with Crippen LogP contribution in [0.15, 0.2) is 30.3 Å². The summed E-state index contributed by atoms with van der Waals surface area (Å²) in [6.45, 7) is 1.68. The van der Waals surface area contributed by atoms with Gasteiger partial charge in [0.15, 0.2) is 0 Å². The fourth-order valence-corrected chi connectivity index (χ4v) is 2.41. The molecule has 1 saturated heterocycles. The molecule has 6 heteroatoms. The number of amides is 1. The van der Waals surface area contributed by atoms with Crippen LogP contribution in [-0.4, -0.2) is 35.9 Å². The van der Waals surface area contributed by atoms with Gasteiger partial charge in [-0.15, -0.1) is 0 Å². The minimum atomic E-state index is -1.90. The predicted molar refractivity (Wildman–Crippen MR) is 70.5 cm³/mol. The zero-order valence-electron chi connectivity index (χ0n) is 11.7. The number of hydrogen-bond donors (Lipinski definition) is 0. The molecule has 1 aliphatic rings. The first-order chi connectivity index (χ1) is 9.99. The normalized spacial score (nSPS) is 21.4. The van der Waals surface area contributed by atoms with Crippen LogP contribution in [0.4, 0.5) is 0 Å². The number of carboxylic acid groups (broad SMARTS) is 1. The Bertz CT molecular complexity index is 556. The third-order valence-electron chi connectivity index (χ3n) is 3.54. The van der Waals surface area contributed by atoms with Crippen molar-refractivity contribution in [2.75, 3.05) is 13.2 Å². The van der Waals surface area contributed by atoms with Crippen molar-refractivity contribution in [2.24, 2.45) is 5.41 Å². The second kappa shape index (κ2) is 5.95. The average molecular weight is 290 g/mol. The number of carbonyl (C=O) groups excluding carboxylic acids is 3. The van der Waals surface area contributed by atoms with E-state index in [0.29, 0.717) is 0 Å². The topological polar surface area (TPSA) is 86.7 Å². The number of nitrogens with zero attached hydrogens (tertiary/aromatic N) is 1. The molecule has 0 aromatic heterocycles. The van der Waals surface area contributed by atoms with Gasteiger partial charge in [-0.25, -0.2) is 0 Å². The minimum Gasteiger partial charge on any atom is -0.549 e. The Kier molecular flexibility index (Phi) is 4.26. The monoisotopic (exact) mass is 290 g/mol. The van der Waals surface area contributed by atoms with Crippen LogP contribution in [0.5, 0.6) is 0 Å². The van der Waals surface area contributed by atoms with Gasteiger partial charge in [0, 0.05) is 19.5 Å². The van der Waals surface area contributed by atoms with Gasteiger partial charge in [0.2, 0.25) is 5.91 Å². The Morgan fingerprint density at radius 1 is 1.33 bits per heavy atom. The molecule has 1 heterocycles. The fraction of sp³-hybridized carbons (Fsp3) is 0.400. The molecule has 0 saturated carbocycles. The van der Waals surface area contributed by atoms with E-state index in [1.807, 2.05) is 30.3 Å². The van der Waals surface area contributed by atoms with Crippen molar-refractivity contribution in [2.45, 2.75) is 19.9 Å². The Labute approximate surface area is 122 Å². The summed E-state index contributed by atoms with van der Waals surface area (Å²) in [5.41, 5.74) is -1.04. The molecule has 112 valence electrons. The molecular weight excluding hydrogens is 274 g/mol. The molecule has 6 nitrogen and oxygen atoms in total. The highest BCUT2D eigenvalue weighted by atomic mass is 16.5. The maximum Gasteiger partial charge on any atom is 0.320 e. The second-order valence-electron chi connectivity index (χ2n) is 5.00. The van der Waals surface area contributed by atoms with Gasteiger partial charge in [-0.1, -0.05) is 30.3 Å². The van der Waals surface area contributed by atoms with Crippen molar-refractivity contribution in [3.05, 3.63) is 35.9 Å². The highest BCUT2D eigenvalue weighted by molar-refractivity contribution is 6.04. The number of hydrogen-bond acceptors (Lipinski definition) is 5. The molecule has 0 aliphatic carbocycles. The van der Waals surface area contributed by atoms with E-state index in [2.05, 4.69) is 0 Å². The molecule has 1 amide bonds. The summed E-state index contributed by atoms with van der Waals surface area (Å²) < 4.78 is 4.80. The molecular formula is C15H16NO5-. The number of likely N-dealkylation sites (tertiary alicyclic amines) is 1. The number of aliphatic carboxylic acids is 1. The van der Waals surface area contributed by atoms with Gasteiger partial charge in [-0.3, -0.25) is 9.59 Å². The van der Waals surface area contributed by atoms with E-state index in [0.717, 1.165) is 5.56 Å². The summed E-state index contributed by atoms with van der Waals surface area (Å²) >= 11 is 0. The molecule has 0 N–H and O–H groups in total. The number of carbonyl (C=O) groups is 3. The zero-order chi connectivity index (χ0) is 15.5. The maximum atomic E-state index is 12.0. The Balaban J connectivity index is 2.19. The first kappa shape index (κ1) is 15.0. The second-order valence-corrected chi connectivity index (χ2v) is 5.00. The number of benzene rings is 1. The van der Waals surface area contributed by atoms with E-state index >= 15 is 0 Å². The van der Waals surface area contributed by atoms with E-state index in [1.165, 1.54) is 4.90 Å². The van der Waals surface area contributed by atoms with Crippen LogP contribution in [0.1, 0.15) is 18.9 Å². The summed E-state index contributed by atoms with van der Waals surface area (Å²) in [6.07, 6.45) is -0.416. The largest absolute Gasteiger partial charge is 0.549 e. The highest BCUT2D eigenvalue weighted by Crippen LogP contribution is 2.33. The smallest absolute Gasteiger partial charge is 0.320 e. The molecule has 1 aromatic rings. The van der Waals surface area contributed by atoms with Gasteiger partial charge in [0.05, 0.1) is 12.6 Å². The van der Waals surface area contributed by atoms with E-state index in [9.17, 15) is 19.5 Å². The summed E-state index contributed by atoms with van der Waals surface area (Å²) in [5, 5.41) is 11.4. The first-order valence-corrected chi connectivity index (χ1v) is 6.70. The summed E-state index contributed by atoms with van der Waals surface area (Å²) in [7, 11) is 0. The third-order valence-corrected chi connectivity index (χ3v) is 3.54. The Morgan fingerprint density at radius 2 is 2.00 bits per heavy atom. The van der Waals surface area contributed by atoms with Gasteiger partial charge < -0.3 is 19.5 Å². The lowest BCUT2D eigenvalue weighted by Gasteiger charge is -2.27. The van der Waals surface area contributed by atoms with Crippen molar-refractivity contribution in [1.29, 1.82) is 0 Å². The maximum absolute atomic E-state index is 12.0. The van der Waals surface area contributed by atoms with Crippen LogP contribution in [-0.2, 0) is 25.7 Å². The third kappa shape index (κ3) is 2.89. The van der Waals surface area contributed by atoms with E-state index in [1.54, 1.807) is 6.92 Å². The standard InChI is InChI=1S/C15H17NO5/c1-2-21-14(20)15(13(18)19)8-12(17)16(10-15)9-11-6-4-3-5-7-11/h3-7H,2,8-10H2,1H3,(H,18,19)/p-1. The number of rotatable bonds is 5. The predicted octanol–water partition coefficient (Wildman–Crippen LogP) is -0.282. The molecule has 21 heavy (non-hydrogen) atoms. The Hall–Kier alpha value is -2.37. The van der Waals surface area contributed by atoms with Crippen LogP contribution in [0, 0.1) is 5.41 Å². The van der Waals surface area contributed by atoms with Crippen molar-refractivity contribution >= 4 is 17.8 Å². The van der Waals surface area contributed by atoms with Crippen LogP contribution in [0.2, 0.25) is 0 Å². The number of carboxylic acids is 1. The molecule has 2 rings (SSSR count). The van der Waals surface area contributed by atoms with Gasteiger partial charge in [-0.2, -0.15) is 0 Å². The van der Waals surface area contributed by atoms with Crippen LogP contribution in [0.25, 0.3) is 0 Å². The van der Waals surface area contributed by atoms with Crippen molar-refractivity contribution in [1.82, 2.24) is 4.90 Å². The SMILES string of the molecule is CCOC(=O)C1(C(=O)[O-])CC(=O)N(Cc2ccccc2)C1. The van der Waals surface area contributed by atoms with E-state index in [4.69, 9.17) is 4.74 Å². The van der Waals surface area contributed by atoms with E-state index in [-0.39, 0.29) is 19.7 Å². The Morgan fingerprint density at radius 3 is 2.57 bits per heavy atom. The minimum absolute atomic E-state index is 0.0563. The average Bonchev–Trinajstić information content (AvgIpc) is 2.79. The molecule has 0 spiro atoms. The van der Waals surface area contributed by atoms with Crippen molar-refractivity contribution in [3.8, 4) is 0 Å². The molecule has 1 atom stereocenters. The number of esters is 1. The first-order valence-electron chi connectivity index (χ1n) is 6.70. The van der Waals surface area contributed by atoms with Gasteiger partial charge in [-0.05, 0) is 12.5 Å². The molecule has 1 aromatic carbocycles. The molecule has 1 aliphatic heterocycles. The lowest BCUT2D eigenvalue weighted by Crippen LogP contribution is -2.50. The van der Waals surface area contributed by atoms with Crippen molar-refractivity contribution < 1.29 is 24.2 Å². The molecule has 0 radical (unpaired) electrons. The van der Waals surface area contributed by atoms with E-state index < -0.39 is 29.7 Å². The fourth-order valence-electron chi connectivity index (χ4n) is 2.41. The van der Waals surface area contributed by atoms with Gasteiger partial charge in [0.25, 0.3) is 0 Å². The lowest BCUT2D eigenvalue weighted by atomic mass is 9.87.